The number of carbonyl (C=O) groups excluding carboxylic acids is 1. The summed E-state index contributed by atoms with van der Waals surface area (Å²) in [4.78, 5) is 11.5. The number of furan rings is 1. The van der Waals surface area contributed by atoms with E-state index in [4.69, 9.17) is 4.42 Å². The highest BCUT2D eigenvalue weighted by Gasteiger charge is 2.33. The average Bonchev–Trinajstić information content (AvgIpc) is 2.48. The lowest BCUT2D eigenvalue weighted by Crippen LogP contribution is -2.24. The zero-order chi connectivity index (χ0) is 10.3. The lowest BCUT2D eigenvalue weighted by molar-refractivity contribution is 0.0571. The highest BCUT2D eigenvalue weighted by atomic mass is 19.3. The number of rotatable bonds is 1. The van der Waals surface area contributed by atoms with Gasteiger partial charge in [0.1, 0.15) is 5.76 Å². The number of alkyl halides is 2. The van der Waals surface area contributed by atoms with Gasteiger partial charge in [0.25, 0.3) is 0 Å². The lowest BCUT2D eigenvalue weighted by atomic mass is 9.86. The predicted octanol–water partition coefficient (Wildman–Crippen LogP) is 2.60. The van der Waals surface area contributed by atoms with E-state index in [1.54, 1.807) is 6.92 Å². The fourth-order valence-electron chi connectivity index (χ4n) is 1.85. The Hall–Kier alpha value is -1.19. The van der Waals surface area contributed by atoms with Gasteiger partial charge in [0.2, 0.25) is 6.43 Å². The van der Waals surface area contributed by atoms with Gasteiger partial charge in [0, 0.05) is 18.8 Å². The van der Waals surface area contributed by atoms with Crippen LogP contribution in [0.4, 0.5) is 8.78 Å². The van der Waals surface area contributed by atoms with Crippen LogP contribution in [0.1, 0.15) is 28.1 Å². The Kier molecular flexibility index (Phi) is 2.13. The van der Waals surface area contributed by atoms with Crippen LogP contribution in [0, 0.1) is 12.8 Å². The minimum Gasteiger partial charge on any atom is -0.468 e. The van der Waals surface area contributed by atoms with Crippen molar-refractivity contribution < 1.29 is 18.0 Å². The van der Waals surface area contributed by atoms with Gasteiger partial charge in [-0.3, -0.25) is 4.79 Å². The number of Topliss-reactive ketones (excluding diaryl/α,β-unsaturated/α-hetero) is 1. The molecular weight excluding hydrogens is 190 g/mol. The summed E-state index contributed by atoms with van der Waals surface area (Å²) >= 11 is 0. The van der Waals surface area contributed by atoms with Crippen LogP contribution in [0.3, 0.4) is 0 Å². The summed E-state index contributed by atoms with van der Waals surface area (Å²) in [5.41, 5.74) is 1.26. The second-order valence-corrected chi connectivity index (χ2v) is 3.64. The summed E-state index contributed by atoms with van der Waals surface area (Å²) in [6.45, 7) is 1.75. The first-order valence-corrected chi connectivity index (χ1v) is 4.48. The first-order valence-electron chi connectivity index (χ1n) is 4.48. The summed E-state index contributed by atoms with van der Waals surface area (Å²) in [5.74, 6) is -0.674. The molecule has 0 saturated carbocycles. The third kappa shape index (κ3) is 1.35. The lowest BCUT2D eigenvalue weighted by Gasteiger charge is -2.19. The largest absolute Gasteiger partial charge is 0.468 e. The van der Waals surface area contributed by atoms with Gasteiger partial charge in [-0.15, -0.1) is 0 Å². The summed E-state index contributed by atoms with van der Waals surface area (Å²) in [7, 11) is 0. The van der Waals surface area contributed by atoms with Crippen molar-refractivity contribution >= 4 is 5.78 Å². The highest BCUT2D eigenvalue weighted by molar-refractivity contribution is 5.99. The fraction of sp³-hybridized carbons (Fsp3) is 0.500. The molecule has 1 aromatic rings. The van der Waals surface area contributed by atoms with E-state index in [-0.39, 0.29) is 18.6 Å². The summed E-state index contributed by atoms with van der Waals surface area (Å²) in [6, 6.07) is 0. The Balaban J connectivity index is 2.35. The first kappa shape index (κ1) is 9.37. The van der Waals surface area contributed by atoms with Crippen LogP contribution in [0.2, 0.25) is 0 Å². The second-order valence-electron chi connectivity index (χ2n) is 3.64. The van der Waals surface area contributed by atoms with Crippen molar-refractivity contribution in [3.63, 3.8) is 0 Å². The minimum atomic E-state index is -2.45. The Morgan fingerprint density at radius 3 is 2.86 bits per heavy atom. The van der Waals surface area contributed by atoms with Gasteiger partial charge in [-0.25, -0.2) is 8.78 Å². The molecule has 0 amide bonds. The van der Waals surface area contributed by atoms with Crippen molar-refractivity contribution in [2.75, 3.05) is 0 Å². The normalized spacial score (nSPS) is 21.4. The van der Waals surface area contributed by atoms with Gasteiger partial charge in [-0.2, -0.15) is 0 Å². The standard InChI is InChI=1S/C10H10F2O2/c1-5-4-14-8-3-6(10(11)12)2-7(13)9(5)8/h4,6,10H,2-3H2,1H3/t6-/m0/s1. The van der Waals surface area contributed by atoms with Crippen molar-refractivity contribution in [2.45, 2.75) is 26.2 Å². The maximum absolute atomic E-state index is 12.4. The third-order valence-electron chi connectivity index (χ3n) is 2.58. The van der Waals surface area contributed by atoms with Gasteiger partial charge in [-0.05, 0) is 12.5 Å². The SMILES string of the molecule is Cc1coc2c1C(=O)C[C@H](C(F)F)C2. The number of carbonyl (C=O) groups is 1. The molecule has 1 heterocycles. The molecule has 0 unspecified atom stereocenters. The molecule has 1 aliphatic carbocycles. The van der Waals surface area contributed by atoms with Crippen LogP contribution >= 0.6 is 0 Å². The molecule has 14 heavy (non-hydrogen) atoms. The maximum atomic E-state index is 12.4. The summed E-state index contributed by atoms with van der Waals surface area (Å²) in [5, 5.41) is 0. The van der Waals surface area contributed by atoms with Crippen molar-refractivity contribution in [3.8, 4) is 0 Å². The van der Waals surface area contributed by atoms with E-state index in [0.717, 1.165) is 5.56 Å². The number of hydrogen-bond acceptors (Lipinski definition) is 2. The van der Waals surface area contributed by atoms with Gasteiger partial charge in [0.15, 0.2) is 5.78 Å². The predicted molar refractivity (Wildman–Crippen MR) is 45.6 cm³/mol. The number of aryl methyl sites for hydroxylation is 1. The molecule has 0 N–H and O–H groups in total. The van der Waals surface area contributed by atoms with Crippen molar-refractivity contribution in [1.29, 1.82) is 0 Å². The quantitative estimate of drug-likeness (QED) is 0.697. The van der Waals surface area contributed by atoms with Crippen molar-refractivity contribution in [3.05, 3.63) is 23.2 Å². The van der Waals surface area contributed by atoms with Gasteiger partial charge < -0.3 is 4.42 Å². The Morgan fingerprint density at radius 1 is 1.50 bits per heavy atom. The molecule has 0 bridgehead atoms. The number of hydrogen-bond donors (Lipinski definition) is 0. The molecule has 2 rings (SSSR count). The Morgan fingerprint density at radius 2 is 2.21 bits per heavy atom. The van der Waals surface area contributed by atoms with Crippen molar-refractivity contribution in [1.82, 2.24) is 0 Å². The molecule has 1 aliphatic rings. The smallest absolute Gasteiger partial charge is 0.242 e. The van der Waals surface area contributed by atoms with Crippen molar-refractivity contribution in [2.24, 2.45) is 5.92 Å². The number of ketones is 1. The number of halogens is 2. The highest BCUT2D eigenvalue weighted by Crippen LogP contribution is 2.32. The Bertz CT molecular complexity index is 368. The van der Waals surface area contributed by atoms with E-state index in [1.165, 1.54) is 6.26 Å². The zero-order valence-corrected chi connectivity index (χ0v) is 7.72. The minimum absolute atomic E-state index is 0.0644. The maximum Gasteiger partial charge on any atom is 0.242 e. The van der Waals surface area contributed by atoms with Crippen LogP contribution < -0.4 is 0 Å². The van der Waals surface area contributed by atoms with E-state index in [1.807, 2.05) is 0 Å². The van der Waals surface area contributed by atoms with E-state index >= 15 is 0 Å². The zero-order valence-electron chi connectivity index (χ0n) is 7.72. The van der Waals surface area contributed by atoms with Crippen LogP contribution in [0.25, 0.3) is 0 Å². The third-order valence-corrected chi connectivity index (χ3v) is 2.58. The van der Waals surface area contributed by atoms with Gasteiger partial charge in [-0.1, -0.05) is 0 Å². The molecular formula is C10H10F2O2. The summed E-state index contributed by atoms with van der Waals surface area (Å²) in [6.07, 6.45) is -0.883. The van der Waals surface area contributed by atoms with Gasteiger partial charge in [0.05, 0.1) is 11.8 Å². The Labute approximate surface area is 79.9 Å². The van der Waals surface area contributed by atoms with E-state index in [2.05, 4.69) is 0 Å². The molecule has 0 aromatic carbocycles. The van der Waals surface area contributed by atoms with E-state index in [9.17, 15) is 13.6 Å². The number of fused-ring (bicyclic) bond motifs is 1. The molecule has 76 valence electrons. The molecule has 4 heteroatoms. The van der Waals surface area contributed by atoms with E-state index < -0.39 is 12.3 Å². The first-order chi connectivity index (χ1) is 6.59. The molecule has 0 fully saturated rings. The van der Waals surface area contributed by atoms with E-state index in [0.29, 0.717) is 11.3 Å². The average molecular weight is 200 g/mol. The van der Waals surface area contributed by atoms with Crippen LogP contribution in [-0.2, 0) is 6.42 Å². The van der Waals surface area contributed by atoms with Crippen LogP contribution in [0.15, 0.2) is 10.7 Å². The van der Waals surface area contributed by atoms with Crippen LogP contribution in [-0.4, -0.2) is 12.2 Å². The molecule has 0 spiro atoms. The summed E-state index contributed by atoms with van der Waals surface area (Å²) < 4.78 is 29.9. The molecule has 2 nitrogen and oxygen atoms in total. The van der Waals surface area contributed by atoms with Crippen LogP contribution in [0.5, 0.6) is 0 Å². The molecule has 1 aromatic heterocycles. The fourth-order valence-corrected chi connectivity index (χ4v) is 1.85. The molecule has 0 saturated heterocycles. The second kappa shape index (κ2) is 3.19. The molecule has 1 atom stereocenters. The monoisotopic (exact) mass is 200 g/mol. The molecule has 0 aliphatic heterocycles. The molecule has 0 radical (unpaired) electrons. The van der Waals surface area contributed by atoms with Gasteiger partial charge >= 0.3 is 0 Å². The topological polar surface area (TPSA) is 30.2 Å².